The van der Waals surface area contributed by atoms with Crippen molar-refractivity contribution in [1.29, 1.82) is 5.26 Å². The van der Waals surface area contributed by atoms with Gasteiger partial charge in [-0.3, -0.25) is 4.79 Å². The highest BCUT2D eigenvalue weighted by Crippen LogP contribution is 2.22. The summed E-state index contributed by atoms with van der Waals surface area (Å²) in [6.45, 7) is 6.65. The Labute approximate surface area is 141 Å². The van der Waals surface area contributed by atoms with Gasteiger partial charge in [-0.2, -0.15) is 5.26 Å². The van der Waals surface area contributed by atoms with E-state index in [4.69, 9.17) is 10.00 Å². The van der Waals surface area contributed by atoms with Gasteiger partial charge >= 0.3 is 5.97 Å². The molecule has 0 aliphatic carbocycles. The second-order valence-electron chi connectivity index (χ2n) is 6.56. The van der Waals surface area contributed by atoms with Crippen LogP contribution in [0.1, 0.15) is 38.5 Å². The molecule has 0 bridgehead atoms. The minimum Gasteiger partial charge on any atom is -0.467 e. The summed E-state index contributed by atoms with van der Waals surface area (Å²) in [5.41, 5.74) is 0.0226. The zero-order chi connectivity index (χ0) is 17.5. The van der Waals surface area contributed by atoms with Crippen molar-refractivity contribution in [2.75, 3.05) is 13.7 Å². The van der Waals surface area contributed by atoms with Crippen LogP contribution in [0, 0.1) is 16.7 Å². The van der Waals surface area contributed by atoms with Crippen LogP contribution in [0.25, 0.3) is 0 Å². The molecular weight excluding hydrogens is 312 g/mol. The van der Waals surface area contributed by atoms with Crippen molar-refractivity contribution in [3.05, 3.63) is 22.4 Å². The van der Waals surface area contributed by atoms with Crippen LogP contribution in [0.3, 0.4) is 0 Å². The molecule has 1 aromatic heterocycles. The molecule has 0 radical (unpaired) electrons. The van der Waals surface area contributed by atoms with Crippen molar-refractivity contribution in [2.45, 2.75) is 46.1 Å². The van der Waals surface area contributed by atoms with Gasteiger partial charge in [0.2, 0.25) is 5.91 Å². The number of hydrogen-bond donors (Lipinski definition) is 0. The molecule has 0 N–H and O–H groups in total. The van der Waals surface area contributed by atoms with E-state index in [9.17, 15) is 9.59 Å². The first kappa shape index (κ1) is 19.2. The lowest BCUT2D eigenvalue weighted by Crippen LogP contribution is -2.47. The summed E-state index contributed by atoms with van der Waals surface area (Å²) < 4.78 is 4.89. The lowest BCUT2D eigenvalue weighted by molar-refractivity contribution is -0.152. The van der Waals surface area contributed by atoms with Crippen LogP contribution in [-0.4, -0.2) is 36.5 Å². The summed E-state index contributed by atoms with van der Waals surface area (Å²) in [5, 5.41) is 10.8. The Bertz CT molecular complexity index is 555. The zero-order valence-corrected chi connectivity index (χ0v) is 15.0. The lowest BCUT2D eigenvalue weighted by atomic mass is 9.91. The summed E-state index contributed by atoms with van der Waals surface area (Å²) in [4.78, 5) is 27.1. The maximum Gasteiger partial charge on any atom is 0.328 e. The molecule has 0 fully saturated rings. The summed E-state index contributed by atoms with van der Waals surface area (Å²) in [6.07, 6.45) is 0.913. The molecule has 1 unspecified atom stereocenters. The molecule has 0 aromatic carbocycles. The molecular formula is C17H24N2O3S. The van der Waals surface area contributed by atoms with Gasteiger partial charge in [0.1, 0.15) is 12.5 Å². The van der Waals surface area contributed by atoms with Crippen molar-refractivity contribution in [2.24, 2.45) is 5.41 Å². The Balaban J connectivity index is 3.01. The van der Waals surface area contributed by atoms with Crippen molar-refractivity contribution in [1.82, 2.24) is 4.90 Å². The van der Waals surface area contributed by atoms with E-state index < -0.39 is 12.0 Å². The largest absolute Gasteiger partial charge is 0.467 e. The first-order chi connectivity index (χ1) is 10.8. The Kier molecular flexibility index (Phi) is 7.24. The number of nitrogens with zero attached hydrogens (tertiary/aromatic N) is 2. The summed E-state index contributed by atoms with van der Waals surface area (Å²) in [5.74, 6) is -0.776. The Morgan fingerprint density at radius 3 is 2.61 bits per heavy atom. The van der Waals surface area contributed by atoms with Crippen molar-refractivity contribution in [3.8, 4) is 6.07 Å². The third-order valence-electron chi connectivity index (χ3n) is 3.48. The maximum atomic E-state index is 12.3. The van der Waals surface area contributed by atoms with E-state index in [0.717, 1.165) is 11.3 Å². The first-order valence-electron chi connectivity index (χ1n) is 7.55. The van der Waals surface area contributed by atoms with Crippen LogP contribution in [0.5, 0.6) is 0 Å². The van der Waals surface area contributed by atoms with Gasteiger partial charge in [0.15, 0.2) is 0 Å². The number of rotatable bonds is 7. The maximum absolute atomic E-state index is 12.3. The molecule has 1 aromatic rings. The normalized spacial score (nSPS) is 12.3. The van der Waals surface area contributed by atoms with Crippen molar-refractivity contribution < 1.29 is 14.3 Å². The van der Waals surface area contributed by atoms with Gasteiger partial charge in [-0.15, -0.1) is 11.3 Å². The van der Waals surface area contributed by atoms with Crippen LogP contribution in [0.2, 0.25) is 0 Å². The van der Waals surface area contributed by atoms with Crippen molar-refractivity contribution in [3.63, 3.8) is 0 Å². The monoisotopic (exact) mass is 336 g/mol. The van der Waals surface area contributed by atoms with Gasteiger partial charge in [-0.1, -0.05) is 26.8 Å². The first-order valence-corrected chi connectivity index (χ1v) is 8.43. The van der Waals surface area contributed by atoms with E-state index in [1.54, 1.807) is 0 Å². The zero-order valence-electron chi connectivity index (χ0n) is 14.2. The average Bonchev–Trinajstić information content (AvgIpc) is 2.97. The van der Waals surface area contributed by atoms with Crippen molar-refractivity contribution >= 4 is 23.2 Å². The molecule has 6 heteroatoms. The van der Waals surface area contributed by atoms with E-state index >= 15 is 0 Å². The number of ether oxygens (including phenoxy) is 1. The van der Waals surface area contributed by atoms with Gasteiger partial charge in [0.05, 0.1) is 13.2 Å². The van der Waals surface area contributed by atoms with E-state index in [-0.39, 0.29) is 17.7 Å². The van der Waals surface area contributed by atoms with Gasteiger partial charge < -0.3 is 9.64 Å². The number of methoxy groups -OCH3 is 1. The molecule has 1 heterocycles. The molecule has 23 heavy (non-hydrogen) atoms. The predicted octanol–water partition coefficient (Wildman–Crippen LogP) is 3.01. The van der Waals surface area contributed by atoms with E-state index in [1.165, 1.54) is 23.3 Å². The summed E-state index contributed by atoms with van der Waals surface area (Å²) in [7, 11) is 1.32. The Hall–Kier alpha value is -1.87. The summed E-state index contributed by atoms with van der Waals surface area (Å²) >= 11 is 1.53. The number of carbonyl (C=O) groups is 2. The second-order valence-corrected chi connectivity index (χ2v) is 7.59. The quantitative estimate of drug-likeness (QED) is 0.718. The van der Waals surface area contributed by atoms with E-state index in [0.29, 0.717) is 13.0 Å². The number of amides is 1. The molecule has 0 spiro atoms. The summed E-state index contributed by atoms with van der Waals surface area (Å²) in [6, 6.07) is 5.02. The Morgan fingerprint density at radius 2 is 2.13 bits per heavy atom. The van der Waals surface area contributed by atoms with Crippen LogP contribution in [0.4, 0.5) is 0 Å². The molecule has 1 amide bonds. The van der Waals surface area contributed by atoms with Gasteiger partial charge in [0.25, 0.3) is 0 Å². The van der Waals surface area contributed by atoms with Crippen LogP contribution in [0.15, 0.2) is 17.5 Å². The minimum absolute atomic E-state index is 0.0226. The fourth-order valence-corrected chi connectivity index (χ4v) is 2.90. The molecule has 5 nitrogen and oxygen atoms in total. The van der Waals surface area contributed by atoms with Crippen LogP contribution in [-0.2, 0) is 20.7 Å². The smallest absolute Gasteiger partial charge is 0.328 e. The number of esters is 1. The third kappa shape index (κ3) is 6.41. The molecule has 0 aliphatic rings. The lowest BCUT2D eigenvalue weighted by Gasteiger charge is -2.31. The van der Waals surface area contributed by atoms with Crippen LogP contribution < -0.4 is 0 Å². The van der Waals surface area contributed by atoms with Gasteiger partial charge in [-0.25, -0.2) is 4.79 Å². The third-order valence-corrected chi connectivity index (χ3v) is 4.38. The minimum atomic E-state index is -0.693. The Morgan fingerprint density at radius 1 is 1.43 bits per heavy atom. The van der Waals surface area contributed by atoms with Gasteiger partial charge in [0, 0.05) is 17.8 Å². The number of carbonyl (C=O) groups excluding carboxylic acids is 2. The highest BCUT2D eigenvalue weighted by Gasteiger charge is 2.31. The fraction of sp³-hybridized carbons (Fsp3) is 0.588. The van der Waals surface area contributed by atoms with E-state index in [1.807, 2.05) is 23.6 Å². The fourth-order valence-electron chi connectivity index (χ4n) is 2.16. The van der Waals surface area contributed by atoms with Crippen LogP contribution >= 0.6 is 11.3 Å². The molecule has 126 valence electrons. The molecule has 1 atom stereocenters. The average molecular weight is 336 g/mol. The molecule has 0 aliphatic heterocycles. The highest BCUT2D eigenvalue weighted by molar-refractivity contribution is 7.09. The molecule has 0 saturated carbocycles. The number of nitriles is 1. The number of hydrogen-bond acceptors (Lipinski definition) is 5. The second kappa shape index (κ2) is 8.68. The SMILES string of the molecule is COC(=O)C(Cc1cccs1)N(CCC(C)(C)C)C(=O)CC#N. The predicted molar refractivity (Wildman–Crippen MR) is 89.8 cm³/mol. The number of thiophene rings is 1. The standard InChI is InChI=1S/C17H24N2O3S/c1-17(2,3)8-10-19(15(20)7-9-18)14(16(21)22-4)12-13-6-5-11-23-13/h5-6,11,14H,7-8,10,12H2,1-4H3. The molecule has 1 rings (SSSR count). The highest BCUT2D eigenvalue weighted by atomic mass is 32.1. The molecule has 0 saturated heterocycles. The topological polar surface area (TPSA) is 70.4 Å². The van der Waals surface area contributed by atoms with Gasteiger partial charge in [-0.05, 0) is 23.3 Å². The van der Waals surface area contributed by atoms with E-state index in [2.05, 4.69) is 20.8 Å².